The highest BCUT2D eigenvalue weighted by Crippen LogP contribution is 1.89. The minimum Gasteiger partial charge on any atom is -0.480 e. The average molecular weight is 305 g/mol. The van der Waals surface area contributed by atoms with Crippen LogP contribution in [0.5, 0.6) is 0 Å². The van der Waals surface area contributed by atoms with Gasteiger partial charge >= 0.3 is 11.9 Å². The molecular formula is C8H17ClN2O4S2. The normalized spacial score (nSPS) is 13.5. The number of aliphatic carboxylic acids is 2. The van der Waals surface area contributed by atoms with Crippen molar-refractivity contribution in [2.75, 3.05) is 24.6 Å². The van der Waals surface area contributed by atoms with Crippen LogP contribution in [0.3, 0.4) is 0 Å². The standard InChI is InChI=1S/C8H16N2O4S2.ClH/c11-7(12)5(3-15)9-1-2-10-6(4-16)8(13)14;/h5-6,9-10,15-16H,1-4H2,(H,11,12)(H,13,14);1H/t5-,6-;/m0./s1. The molecule has 0 radical (unpaired) electrons. The SMILES string of the molecule is Cl.O=C(O)[C@H](CS)NCCN[C@@H](CS)C(=O)O. The zero-order chi connectivity index (χ0) is 12.6. The number of hydrogen-bond acceptors (Lipinski definition) is 6. The van der Waals surface area contributed by atoms with Crippen molar-refractivity contribution in [3.8, 4) is 0 Å². The topological polar surface area (TPSA) is 98.7 Å². The van der Waals surface area contributed by atoms with E-state index in [1.54, 1.807) is 0 Å². The van der Waals surface area contributed by atoms with Crippen LogP contribution in [0.15, 0.2) is 0 Å². The molecule has 102 valence electrons. The molecule has 0 rings (SSSR count). The van der Waals surface area contributed by atoms with E-state index in [9.17, 15) is 9.59 Å². The monoisotopic (exact) mass is 304 g/mol. The summed E-state index contributed by atoms with van der Waals surface area (Å²) in [6.45, 7) is 0.712. The van der Waals surface area contributed by atoms with Crippen LogP contribution in [0.1, 0.15) is 0 Å². The number of carboxylic acid groups (broad SMARTS) is 2. The minimum atomic E-state index is -0.973. The second-order valence-electron chi connectivity index (χ2n) is 3.06. The summed E-state index contributed by atoms with van der Waals surface area (Å²) >= 11 is 7.76. The first-order valence-electron chi connectivity index (χ1n) is 4.67. The van der Waals surface area contributed by atoms with Crippen molar-refractivity contribution in [3.63, 3.8) is 0 Å². The molecule has 0 aliphatic heterocycles. The van der Waals surface area contributed by atoms with E-state index >= 15 is 0 Å². The Bertz CT molecular complexity index is 222. The van der Waals surface area contributed by atoms with Gasteiger partial charge in [-0.15, -0.1) is 12.4 Å². The van der Waals surface area contributed by atoms with Gasteiger partial charge in [-0.05, 0) is 0 Å². The van der Waals surface area contributed by atoms with Gasteiger partial charge in [0.25, 0.3) is 0 Å². The summed E-state index contributed by atoms with van der Waals surface area (Å²) in [5.74, 6) is -1.58. The highest BCUT2D eigenvalue weighted by molar-refractivity contribution is 7.80. The summed E-state index contributed by atoms with van der Waals surface area (Å²) in [6.07, 6.45) is 0. The van der Waals surface area contributed by atoms with Gasteiger partial charge in [0.05, 0.1) is 0 Å². The van der Waals surface area contributed by atoms with Crippen LogP contribution in [-0.2, 0) is 9.59 Å². The molecule has 0 aromatic rings. The van der Waals surface area contributed by atoms with Gasteiger partial charge in [-0.2, -0.15) is 25.3 Å². The Morgan fingerprint density at radius 2 is 1.24 bits per heavy atom. The molecule has 2 atom stereocenters. The number of rotatable bonds is 9. The maximum Gasteiger partial charge on any atom is 0.321 e. The van der Waals surface area contributed by atoms with Crippen molar-refractivity contribution in [3.05, 3.63) is 0 Å². The summed E-state index contributed by atoms with van der Waals surface area (Å²) in [5, 5.41) is 22.8. The first-order chi connectivity index (χ1) is 7.52. The fraction of sp³-hybridized carbons (Fsp3) is 0.750. The molecule has 0 saturated heterocycles. The van der Waals surface area contributed by atoms with Crippen LogP contribution in [0, 0.1) is 0 Å². The molecule has 0 spiro atoms. The summed E-state index contributed by atoms with van der Waals surface area (Å²) in [6, 6.07) is -1.44. The lowest BCUT2D eigenvalue weighted by atomic mass is 10.3. The van der Waals surface area contributed by atoms with E-state index < -0.39 is 24.0 Å². The van der Waals surface area contributed by atoms with Crippen LogP contribution >= 0.6 is 37.7 Å². The van der Waals surface area contributed by atoms with E-state index in [1.807, 2.05) is 0 Å². The van der Waals surface area contributed by atoms with Gasteiger partial charge in [0, 0.05) is 24.6 Å². The fourth-order valence-corrected chi connectivity index (χ4v) is 1.52. The molecule has 4 N–H and O–H groups in total. The second kappa shape index (κ2) is 11.0. The number of carboxylic acids is 2. The third-order valence-corrected chi connectivity index (χ3v) is 2.60. The highest BCUT2D eigenvalue weighted by Gasteiger charge is 2.16. The molecule has 0 amide bonds. The lowest BCUT2D eigenvalue weighted by Gasteiger charge is -2.14. The summed E-state index contributed by atoms with van der Waals surface area (Å²) < 4.78 is 0. The Kier molecular flexibility index (Phi) is 12.4. The van der Waals surface area contributed by atoms with Gasteiger partial charge < -0.3 is 20.8 Å². The third-order valence-electron chi connectivity index (χ3n) is 1.87. The minimum absolute atomic E-state index is 0. The molecular weight excluding hydrogens is 288 g/mol. The number of nitrogens with one attached hydrogen (secondary N) is 2. The number of halogens is 1. The maximum absolute atomic E-state index is 10.6. The summed E-state index contributed by atoms with van der Waals surface area (Å²) in [4.78, 5) is 21.2. The van der Waals surface area contributed by atoms with Crippen LogP contribution in [-0.4, -0.2) is 58.8 Å². The Labute approximate surface area is 117 Å². The van der Waals surface area contributed by atoms with Gasteiger partial charge in [0.15, 0.2) is 0 Å². The number of hydrogen-bond donors (Lipinski definition) is 6. The third kappa shape index (κ3) is 8.56. The fourth-order valence-electron chi connectivity index (χ4n) is 0.953. The molecule has 0 bridgehead atoms. The van der Waals surface area contributed by atoms with Gasteiger partial charge in [0.2, 0.25) is 0 Å². The maximum atomic E-state index is 10.6. The lowest BCUT2D eigenvalue weighted by Crippen LogP contribution is -2.45. The zero-order valence-electron chi connectivity index (χ0n) is 9.00. The van der Waals surface area contributed by atoms with Gasteiger partial charge in [-0.1, -0.05) is 0 Å². The van der Waals surface area contributed by atoms with E-state index in [2.05, 4.69) is 35.9 Å². The van der Waals surface area contributed by atoms with Crippen molar-refractivity contribution in [1.82, 2.24) is 10.6 Å². The van der Waals surface area contributed by atoms with Gasteiger partial charge in [-0.3, -0.25) is 9.59 Å². The molecule has 0 aliphatic carbocycles. The van der Waals surface area contributed by atoms with E-state index in [1.165, 1.54) is 0 Å². The van der Waals surface area contributed by atoms with Crippen LogP contribution in [0.2, 0.25) is 0 Å². The predicted octanol–water partition coefficient (Wildman–Crippen LogP) is -0.647. The second-order valence-corrected chi connectivity index (χ2v) is 3.79. The predicted molar refractivity (Wildman–Crippen MR) is 73.8 cm³/mol. The van der Waals surface area contributed by atoms with Crippen molar-refractivity contribution >= 4 is 49.6 Å². The van der Waals surface area contributed by atoms with E-state index in [0.29, 0.717) is 13.1 Å². The molecule has 0 unspecified atom stereocenters. The van der Waals surface area contributed by atoms with E-state index in [4.69, 9.17) is 10.2 Å². The summed E-state index contributed by atoms with van der Waals surface area (Å²) in [7, 11) is 0. The van der Waals surface area contributed by atoms with Gasteiger partial charge in [-0.25, -0.2) is 0 Å². The molecule has 0 fully saturated rings. The Hall–Kier alpha value is -0.150. The highest BCUT2D eigenvalue weighted by atomic mass is 35.5. The Morgan fingerprint density at radius 1 is 0.941 bits per heavy atom. The first-order valence-corrected chi connectivity index (χ1v) is 5.93. The first kappa shape index (κ1) is 19.2. The van der Waals surface area contributed by atoms with E-state index in [-0.39, 0.29) is 23.9 Å². The van der Waals surface area contributed by atoms with Crippen LogP contribution < -0.4 is 10.6 Å². The van der Waals surface area contributed by atoms with Crippen molar-refractivity contribution in [1.29, 1.82) is 0 Å². The summed E-state index contributed by atoms with van der Waals surface area (Å²) in [5.41, 5.74) is 0. The van der Waals surface area contributed by atoms with Crippen molar-refractivity contribution in [2.24, 2.45) is 0 Å². The molecule has 6 nitrogen and oxygen atoms in total. The smallest absolute Gasteiger partial charge is 0.321 e. The Balaban J connectivity index is 0. The van der Waals surface area contributed by atoms with E-state index in [0.717, 1.165) is 0 Å². The quantitative estimate of drug-likeness (QED) is 0.250. The average Bonchev–Trinajstić information content (AvgIpc) is 2.22. The largest absolute Gasteiger partial charge is 0.480 e. The van der Waals surface area contributed by atoms with Crippen LogP contribution in [0.25, 0.3) is 0 Å². The van der Waals surface area contributed by atoms with Crippen molar-refractivity contribution in [2.45, 2.75) is 12.1 Å². The number of thiol groups is 2. The molecule has 17 heavy (non-hydrogen) atoms. The Morgan fingerprint density at radius 3 is 1.41 bits per heavy atom. The molecule has 0 aliphatic rings. The number of carbonyl (C=O) groups is 2. The molecule has 0 saturated carbocycles. The molecule has 0 heterocycles. The molecule has 9 heteroatoms. The molecule has 0 aromatic heterocycles. The van der Waals surface area contributed by atoms with Crippen LogP contribution in [0.4, 0.5) is 0 Å². The van der Waals surface area contributed by atoms with Crippen molar-refractivity contribution < 1.29 is 19.8 Å². The lowest BCUT2D eigenvalue weighted by molar-refractivity contribution is -0.140. The van der Waals surface area contributed by atoms with Gasteiger partial charge in [0.1, 0.15) is 12.1 Å². The molecule has 0 aromatic carbocycles. The zero-order valence-corrected chi connectivity index (χ0v) is 11.6.